The van der Waals surface area contributed by atoms with Crippen LogP contribution in [0.4, 0.5) is 5.82 Å². The Kier molecular flexibility index (Phi) is 6.27. The van der Waals surface area contributed by atoms with Gasteiger partial charge in [0, 0.05) is 12.7 Å². The zero-order chi connectivity index (χ0) is 12.5. The minimum Gasteiger partial charge on any atom is -0.478 e. The molecule has 0 fully saturated rings. The van der Waals surface area contributed by atoms with Crippen molar-refractivity contribution in [3.8, 4) is 5.88 Å². The number of unbranched alkanes of at least 4 members (excludes halogenated alkanes) is 1. The Balaban J connectivity index is 2.67. The summed E-state index contributed by atoms with van der Waals surface area (Å²) >= 11 is 0. The predicted molar refractivity (Wildman–Crippen MR) is 65.6 cm³/mol. The summed E-state index contributed by atoms with van der Waals surface area (Å²) in [5, 5.41) is 0. The Labute approximate surface area is 102 Å². The molecular weight excluding hydrogens is 220 g/mol. The van der Waals surface area contributed by atoms with Crippen LogP contribution in [0.25, 0.3) is 0 Å². The first-order valence-electron chi connectivity index (χ1n) is 5.85. The molecular formula is C11H20N4O2. The molecule has 0 aliphatic rings. The molecule has 1 aromatic heterocycles. The van der Waals surface area contributed by atoms with Crippen LogP contribution in [0.5, 0.6) is 5.88 Å². The summed E-state index contributed by atoms with van der Waals surface area (Å²) in [5.74, 6) is 6.95. The first-order valence-corrected chi connectivity index (χ1v) is 5.85. The molecule has 0 unspecified atom stereocenters. The van der Waals surface area contributed by atoms with Crippen molar-refractivity contribution in [2.45, 2.75) is 33.3 Å². The third-order valence-electron chi connectivity index (χ3n) is 2.08. The van der Waals surface area contributed by atoms with Crippen LogP contribution in [-0.2, 0) is 11.3 Å². The molecule has 0 atom stereocenters. The number of rotatable bonds is 8. The molecule has 1 rings (SSSR count). The SMILES string of the molecule is CCCCOc1cc(NN)nc(COCC)n1. The van der Waals surface area contributed by atoms with E-state index in [1.54, 1.807) is 6.07 Å². The normalized spacial score (nSPS) is 10.3. The van der Waals surface area contributed by atoms with Gasteiger partial charge in [0.15, 0.2) is 5.82 Å². The van der Waals surface area contributed by atoms with Crippen molar-refractivity contribution in [1.82, 2.24) is 9.97 Å². The summed E-state index contributed by atoms with van der Waals surface area (Å²) in [6, 6.07) is 1.67. The van der Waals surface area contributed by atoms with Crippen LogP contribution in [-0.4, -0.2) is 23.2 Å². The molecule has 0 aromatic carbocycles. The predicted octanol–water partition coefficient (Wildman–Crippen LogP) is 1.48. The van der Waals surface area contributed by atoms with Gasteiger partial charge in [0.1, 0.15) is 12.4 Å². The smallest absolute Gasteiger partial charge is 0.218 e. The van der Waals surface area contributed by atoms with Crippen molar-refractivity contribution in [2.75, 3.05) is 18.6 Å². The molecule has 0 radical (unpaired) electrons. The maximum atomic E-state index is 5.51. The van der Waals surface area contributed by atoms with Crippen LogP contribution < -0.4 is 16.0 Å². The Morgan fingerprint density at radius 3 is 2.82 bits per heavy atom. The molecule has 0 saturated carbocycles. The highest BCUT2D eigenvalue weighted by Crippen LogP contribution is 2.13. The average molecular weight is 240 g/mol. The Hall–Kier alpha value is -1.40. The van der Waals surface area contributed by atoms with Gasteiger partial charge in [-0.25, -0.2) is 10.8 Å². The number of nitrogens with one attached hydrogen (secondary N) is 1. The second-order valence-electron chi connectivity index (χ2n) is 3.49. The molecule has 0 saturated heterocycles. The van der Waals surface area contributed by atoms with Crippen LogP contribution in [0, 0.1) is 0 Å². The second-order valence-corrected chi connectivity index (χ2v) is 3.49. The molecule has 3 N–H and O–H groups in total. The quantitative estimate of drug-likeness (QED) is 0.407. The van der Waals surface area contributed by atoms with E-state index >= 15 is 0 Å². The third-order valence-corrected chi connectivity index (χ3v) is 2.08. The van der Waals surface area contributed by atoms with Gasteiger partial charge in [0.05, 0.1) is 6.61 Å². The van der Waals surface area contributed by atoms with Crippen LogP contribution >= 0.6 is 0 Å². The molecule has 96 valence electrons. The fourth-order valence-corrected chi connectivity index (χ4v) is 1.20. The Bertz CT molecular complexity index is 333. The van der Waals surface area contributed by atoms with Crippen molar-refractivity contribution in [3.63, 3.8) is 0 Å². The highest BCUT2D eigenvalue weighted by atomic mass is 16.5. The number of nitrogens with two attached hydrogens (primary N) is 1. The number of aromatic nitrogens is 2. The number of hydrogen-bond acceptors (Lipinski definition) is 6. The molecule has 0 amide bonds. The number of hydrazine groups is 1. The number of nitrogens with zero attached hydrogens (tertiary/aromatic N) is 2. The van der Waals surface area contributed by atoms with E-state index < -0.39 is 0 Å². The third kappa shape index (κ3) is 4.97. The maximum Gasteiger partial charge on any atom is 0.218 e. The lowest BCUT2D eigenvalue weighted by molar-refractivity contribution is 0.127. The van der Waals surface area contributed by atoms with Gasteiger partial charge < -0.3 is 14.9 Å². The molecule has 1 aromatic rings. The van der Waals surface area contributed by atoms with Crippen molar-refractivity contribution >= 4 is 5.82 Å². The summed E-state index contributed by atoms with van der Waals surface area (Å²) in [6.07, 6.45) is 2.08. The van der Waals surface area contributed by atoms with Crippen molar-refractivity contribution in [1.29, 1.82) is 0 Å². The van der Waals surface area contributed by atoms with E-state index in [-0.39, 0.29) is 0 Å². The molecule has 6 heteroatoms. The lowest BCUT2D eigenvalue weighted by Crippen LogP contribution is -2.12. The van der Waals surface area contributed by atoms with E-state index in [9.17, 15) is 0 Å². The minimum absolute atomic E-state index is 0.357. The molecule has 0 aliphatic carbocycles. The van der Waals surface area contributed by atoms with Crippen molar-refractivity contribution in [3.05, 3.63) is 11.9 Å². The highest BCUT2D eigenvalue weighted by Gasteiger charge is 2.05. The summed E-state index contributed by atoms with van der Waals surface area (Å²) in [5.41, 5.74) is 2.49. The zero-order valence-electron chi connectivity index (χ0n) is 10.4. The molecule has 1 heterocycles. The minimum atomic E-state index is 0.357. The number of anilines is 1. The Morgan fingerprint density at radius 1 is 1.35 bits per heavy atom. The van der Waals surface area contributed by atoms with Crippen LogP contribution in [0.15, 0.2) is 6.07 Å². The molecule has 0 bridgehead atoms. The maximum absolute atomic E-state index is 5.51. The van der Waals surface area contributed by atoms with E-state index in [1.165, 1.54) is 0 Å². The summed E-state index contributed by atoms with van der Waals surface area (Å²) in [6.45, 7) is 5.65. The van der Waals surface area contributed by atoms with E-state index in [1.807, 2.05) is 6.92 Å². The van der Waals surface area contributed by atoms with E-state index in [0.717, 1.165) is 12.8 Å². The van der Waals surface area contributed by atoms with E-state index in [0.29, 0.717) is 37.3 Å². The Morgan fingerprint density at radius 2 is 2.18 bits per heavy atom. The van der Waals surface area contributed by atoms with Gasteiger partial charge in [-0.2, -0.15) is 4.98 Å². The summed E-state index contributed by atoms with van der Waals surface area (Å²) < 4.78 is 10.8. The summed E-state index contributed by atoms with van der Waals surface area (Å²) in [7, 11) is 0. The van der Waals surface area contributed by atoms with E-state index in [4.69, 9.17) is 15.3 Å². The lowest BCUT2D eigenvalue weighted by atomic mass is 10.4. The van der Waals surface area contributed by atoms with Crippen molar-refractivity contribution in [2.24, 2.45) is 5.84 Å². The molecule has 17 heavy (non-hydrogen) atoms. The lowest BCUT2D eigenvalue weighted by Gasteiger charge is -2.08. The first kappa shape index (κ1) is 13.7. The van der Waals surface area contributed by atoms with Gasteiger partial charge in [0.2, 0.25) is 5.88 Å². The number of nitrogen functional groups attached to an aromatic ring is 1. The van der Waals surface area contributed by atoms with Crippen molar-refractivity contribution < 1.29 is 9.47 Å². The van der Waals surface area contributed by atoms with Crippen LogP contribution in [0.1, 0.15) is 32.5 Å². The average Bonchev–Trinajstić information content (AvgIpc) is 2.36. The van der Waals surface area contributed by atoms with E-state index in [2.05, 4.69) is 22.3 Å². The highest BCUT2D eigenvalue weighted by molar-refractivity contribution is 5.36. The largest absolute Gasteiger partial charge is 0.478 e. The second kappa shape index (κ2) is 7.81. The van der Waals surface area contributed by atoms with Gasteiger partial charge in [-0.1, -0.05) is 13.3 Å². The summed E-state index contributed by atoms with van der Waals surface area (Å²) in [4.78, 5) is 8.40. The molecule has 0 spiro atoms. The monoisotopic (exact) mass is 240 g/mol. The van der Waals surface area contributed by atoms with Gasteiger partial charge in [0.25, 0.3) is 0 Å². The fraction of sp³-hybridized carbons (Fsp3) is 0.636. The molecule has 0 aliphatic heterocycles. The van der Waals surface area contributed by atoms with Gasteiger partial charge in [-0.15, -0.1) is 0 Å². The molecule has 6 nitrogen and oxygen atoms in total. The van der Waals surface area contributed by atoms with Crippen LogP contribution in [0.3, 0.4) is 0 Å². The topological polar surface area (TPSA) is 82.3 Å². The standard InChI is InChI=1S/C11H20N4O2/c1-3-5-6-17-11-7-9(15-12)13-10(14-11)8-16-4-2/h7H,3-6,8,12H2,1-2H3,(H,13,14,15). The zero-order valence-corrected chi connectivity index (χ0v) is 10.4. The van der Waals surface area contributed by atoms with Gasteiger partial charge >= 0.3 is 0 Å². The van der Waals surface area contributed by atoms with Gasteiger partial charge in [-0.3, -0.25) is 0 Å². The van der Waals surface area contributed by atoms with Crippen LogP contribution in [0.2, 0.25) is 0 Å². The number of ether oxygens (including phenoxy) is 2. The first-order chi connectivity index (χ1) is 8.30. The number of hydrogen-bond donors (Lipinski definition) is 2. The van der Waals surface area contributed by atoms with Gasteiger partial charge in [-0.05, 0) is 13.3 Å². The fourth-order valence-electron chi connectivity index (χ4n) is 1.20.